The lowest BCUT2D eigenvalue weighted by molar-refractivity contribution is -0.151. The van der Waals surface area contributed by atoms with Crippen LogP contribution in [-0.4, -0.2) is 107 Å². The van der Waals surface area contributed by atoms with Gasteiger partial charge < -0.3 is 41.3 Å². The summed E-state index contributed by atoms with van der Waals surface area (Å²) < 4.78 is 6.45. The number of allylic oxidation sites excluding steroid dienone is 1. The predicted octanol–water partition coefficient (Wildman–Crippen LogP) is 2.22. The van der Waals surface area contributed by atoms with Gasteiger partial charge in [-0.15, -0.1) is 11.8 Å². The van der Waals surface area contributed by atoms with Gasteiger partial charge in [0.15, 0.2) is 0 Å². The summed E-state index contributed by atoms with van der Waals surface area (Å²) in [6.45, 7) is 0.735. The highest BCUT2D eigenvalue weighted by atomic mass is 32.2. The fourth-order valence-electron chi connectivity index (χ4n) is 8.87. The number of aromatic nitrogens is 1. The fourth-order valence-corrected chi connectivity index (χ4v) is 10.5. The van der Waals surface area contributed by atoms with E-state index < -0.39 is 48.0 Å². The smallest absolute Gasteiger partial charge is 0.353 e. The fraction of sp³-hybridized carbons (Fsp3) is 0.641. The van der Waals surface area contributed by atoms with Crippen LogP contribution in [0.4, 0.5) is 0 Å². The van der Waals surface area contributed by atoms with Gasteiger partial charge in [-0.25, -0.2) is 4.79 Å². The van der Waals surface area contributed by atoms with E-state index in [0.717, 1.165) is 80.9 Å². The largest absolute Gasteiger partial charge is 0.480 e. The van der Waals surface area contributed by atoms with Crippen LogP contribution in [0.3, 0.4) is 0 Å². The molecular formula is C39H56N6O9S. The molecule has 1 saturated carbocycles. The van der Waals surface area contributed by atoms with Crippen molar-refractivity contribution in [2.75, 3.05) is 33.1 Å². The lowest BCUT2D eigenvalue weighted by Crippen LogP contribution is -2.53. The Labute approximate surface area is 326 Å². The number of amides is 2. The number of carboxylic acids is 2. The Hall–Kier alpha value is -3.83. The quantitative estimate of drug-likeness (QED) is 0.0607. The molecule has 0 radical (unpaired) electrons. The number of aliphatic carboxylic acids is 2. The molecule has 16 heteroatoms. The number of aliphatic hydroxyl groups excluding tert-OH is 1. The van der Waals surface area contributed by atoms with Crippen LogP contribution in [0.15, 0.2) is 47.0 Å². The van der Waals surface area contributed by atoms with E-state index in [4.69, 9.17) is 4.74 Å². The van der Waals surface area contributed by atoms with Crippen molar-refractivity contribution in [3.63, 3.8) is 0 Å². The first-order valence-corrected chi connectivity index (χ1v) is 20.5. The molecule has 0 saturated heterocycles. The van der Waals surface area contributed by atoms with Crippen molar-refractivity contribution in [2.24, 2.45) is 17.3 Å². The lowest BCUT2D eigenvalue weighted by Gasteiger charge is -2.40. The van der Waals surface area contributed by atoms with Gasteiger partial charge in [0.05, 0.1) is 5.25 Å². The van der Waals surface area contributed by atoms with Gasteiger partial charge in [0.25, 0.3) is 0 Å². The summed E-state index contributed by atoms with van der Waals surface area (Å²) >= 11 is 1.43. The number of ether oxygens (including phenoxy) is 1. The van der Waals surface area contributed by atoms with Gasteiger partial charge in [-0.1, -0.05) is 37.7 Å². The number of carbonyl (C=O) groups excluding carboxylic acids is 3. The van der Waals surface area contributed by atoms with Gasteiger partial charge in [-0.3, -0.25) is 29.5 Å². The van der Waals surface area contributed by atoms with Gasteiger partial charge in [0.1, 0.15) is 23.8 Å². The molecular weight excluding hydrogens is 729 g/mol. The average Bonchev–Trinajstić information content (AvgIpc) is 3.77. The van der Waals surface area contributed by atoms with Crippen LogP contribution in [0.1, 0.15) is 82.6 Å². The number of nitrogens with zero attached hydrogens (tertiary/aromatic N) is 1. The molecule has 8 N–H and O–H groups in total. The van der Waals surface area contributed by atoms with E-state index in [9.17, 15) is 39.3 Å². The molecule has 5 rings (SSSR count). The van der Waals surface area contributed by atoms with Crippen LogP contribution in [0, 0.1) is 17.3 Å². The van der Waals surface area contributed by atoms with Crippen molar-refractivity contribution in [3.8, 4) is 0 Å². The second-order valence-electron chi connectivity index (χ2n) is 15.2. The Morgan fingerprint density at radius 3 is 2.33 bits per heavy atom. The van der Waals surface area contributed by atoms with Gasteiger partial charge in [0, 0.05) is 37.8 Å². The van der Waals surface area contributed by atoms with Crippen molar-refractivity contribution < 1.29 is 44.0 Å². The van der Waals surface area contributed by atoms with Crippen molar-refractivity contribution in [1.82, 2.24) is 31.6 Å². The second-order valence-corrected chi connectivity index (χ2v) is 16.3. The molecule has 2 heterocycles. The highest BCUT2D eigenvalue weighted by Crippen LogP contribution is 2.57. The number of pyridine rings is 1. The zero-order chi connectivity index (χ0) is 39.5. The van der Waals surface area contributed by atoms with E-state index in [1.165, 1.54) is 17.3 Å². The van der Waals surface area contributed by atoms with Crippen LogP contribution in [0.2, 0.25) is 0 Å². The lowest BCUT2D eigenvalue weighted by atomic mass is 9.67. The van der Waals surface area contributed by atoms with E-state index in [1.807, 2.05) is 19.2 Å². The molecule has 55 heavy (non-hydrogen) atoms. The third kappa shape index (κ3) is 10.5. The van der Waals surface area contributed by atoms with Gasteiger partial charge in [-0.2, -0.15) is 0 Å². The molecule has 302 valence electrons. The first-order chi connectivity index (χ1) is 26.5. The summed E-state index contributed by atoms with van der Waals surface area (Å²) in [4.78, 5) is 68.4. The summed E-state index contributed by atoms with van der Waals surface area (Å²) in [6.07, 6.45) is 11.4. The van der Waals surface area contributed by atoms with E-state index in [0.29, 0.717) is 18.7 Å². The number of hydrogen-bond acceptors (Lipinski definition) is 12. The SMILES string of the molecule is CNCNC(CCC(=O)NC(CSC1C2=C3C(CCCCCC14CCCC4)CC(Cc1ccncc1)=C(CNC)C3C(=O)O2)C(=O)NC(O)C(=O)O)C(=O)O. The van der Waals surface area contributed by atoms with E-state index in [-0.39, 0.29) is 47.8 Å². The molecule has 3 aliphatic carbocycles. The number of rotatable bonds is 18. The summed E-state index contributed by atoms with van der Waals surface area (Å²) in [7, 11) is 3.52. The highest BCUT2D eigenvalue weighted by Gasteiger charge is 2.53. The average molecular weight is 785 g/mol. The molecule has 1 aromatic heterocycles. The normalized spacial score (nSPS) is 23.8. The first kappa shape index (κ1) is 42.3. The molecule has 0 bridgehead atoms. The van der Waals surface area contributed by atoms with Crippen molar-refractivity contribution >= 4 is 41.5 Å². The number of thioether (sulfide) groups is 1. The van der Waals surface area contributed by atoms with Gasteiger partial charge in [0.2, 0.25) is 18.0 Å². The Bertz CT molecular complexity index is 1620. The Balaban J connectivity index is 1.49. The maximum absolute atomic E-state index is 14.2. The van der Waals surface area contributed by atoms with E-state index in [2.05, 4.69) is 31.6 Å². The maximum atomic E-state index is 14.2. The molecule has 0 aromatic carbocycles. The van der Waals surface area contributed by atoms with Crippen molar-refractivity contribution in [1.29, 1.82) is 0 Å². The molecule has 1 fully saturated rings. The predicted molar refractivity (Wildman–Crippen MR) is 205 cm³/mol. The number of aliphatic hydroxyl groups is 1. The molecule has 2 amide bonds. The zero-order valence-electron chi connectivity index (χ0n) is 31.7. The zero-order valence-corrected chi connectivity index (χ0v) is 32.6. The van der Waals surface area contributed by atoms with Crippen LogP contribution >= 0.6 is 11.8 Å². The minimum absolute atomic E-state index is 0.00708. The van der Waals surface area contributed by atoms with Crippen molar-refractivity contribution in [2.45, 2.75) is 107 Å². The summed E-state index contributed by atoms with van der Waals surface area (Å²) in [5.41, 5.74) is 4.19. The summed E-state index contributed by atoms with van der Waals surface area (Å²) in [6, 6.07) is 1.71. The Morgan fingerprint density at radius 1 is 0.964 bits per heavy atom. The van der Waals surface area contributed by atoms with Crippen molar-refractivity contribution in [3.05, 3.63) is 52.6 Å². The number of carbonyl (C=O) groups is 5. The number of carboxylic acid groups (broad SMARTS) is 2. The Kier molecular flexibility index (Phi) is 15.3. The third-order valence-corrected chi connectivity index (χ3v) is 13.1. The topological polar surface area (TPSA) is 228 Å². The molecule has 6 atom stereocenters. The van der Waals surface area contributed by atoms with Crippen LogP contribution in [-0.2, 0) is 35.1 Å². The van der Waals surface area contributed by atoms with Crippen LogP contribution < -0.4 is 26.6 Å². The minimum Gasteiger partial charge on any atom is -0.480 e. The molecule has 1 aliphatic heterocycles. The van der Waals surface area contributed by atoms with E-state index >= 15 is 0 Å². The maximum Gasteiger partial charge on any atom is 0.353 e. The molecule has 1 aromatic rings. The molecule has 1 spiro atoms. The molecule has 15 nitrogen and oxygen atoms in total. The number of esters is 1. The standard InChI is InChI=1S/C39H56N6O9S/c1-40-20-26-25(18-23-11-16-42-17-12-23)19-24-8-4-3-5-13-39(14-6-7-15-39)33(32-30(24)31(26)38(53)54-32)55-21-28(34(47)45-35(48)37(51)52)44-29(46)10-9-27(36(49)50)43-22-41-2/h11-12,16-17,24,27-28,31,33,35,40-41,43,48H,3-10,13-15,18-22H2,1-2H3,(H,44,46)(H,45,47)(H,49,50)(H,51,52). The van der Waals surface area contributed by atoms with Crippen LogP contribution in [0.25, 0.3) is 0 Å². The molecule has 6 unspecified atom stereocenters. The number of likely N-dealkylation sites (N-methyl/N-ethyl adjacent to an activating group) is 1. The Morgan fingerprint density at radius 2 is 1.67 bits per heavy atom. The van der Waals surface area contributed by atoms with Gasteiger partial charge in [-0.05, 0) is 99.2 Å². The number of nitrogens with one attached hydrogen (secondary N) is 5. The van der Waals surface area contributed by atoms with Gasteiger partial charge >= 0.3 is 17.9 Å². The first-order valence-electron chi connectivity index (χ1n) is 19.4. The second kappa shape index (κ2) is 19.9. The van der Waals surface area contributed by atoms with Crippen LogP contribution in [0.5, 0.6) is 0 Å². The summed E-state index contributed by atoms with van der Waals surface area (Å²) in [5.74, 6) is -4.35. The van der Waals surface area contributed by atoms with E-state index in [1.54, 1.807) is 19.4 Å². The highest BCUT2D eigenvalue weighted by molar-refractivity contribution is 8.00. The monoisotopic (exact) mass is 784 g/mol. The summed E-state index contributed by atoms with van der Waals surface area (Å²) in [5, 5.41) is 42.3. The number of hydrogen-bond donors (Lipinski definition) is 8. The molecule has 4 aliphatic rings. The minimum atomic E-state index is -2.20. The third-order valence-electron chi connectivity index (χ3n) is 11.5.